The lowest BCUT2D eigenvalue weighted by molar-refractivity contribution is -0.135. The average Bonchev–Trinajstić information content (AvgIpc) is 2.41. The number of halogens is 2. The van der Waals surface area contributed by atoms with E-state index in [1.54, 1.807) is 18.2 Å². The van der Waals surface area contributed by atoms with Crippen LogP contribution >= 0.6 is 27.5 Å². The molecule has 1 heterocycles. The fourth-order valence-electron chi connectivity index (χ4n) is 2.56. The number of rotatable bonds is 4. The zero-order chi connectivity index (χ0) is 15.4. The number of likely N-dealkylation sites (tertiary alicyclic amines) is 1. The maximum atomic E-state index is 12.2. The van der Waals surface area contributed by atoms with Gasteiger partial charge in [-0.05, 0) is 53.9 Å². The Morgan fingerprint density at radius 1 is 1.57 bits per heavy atom. The Bertz CT molecular complexity index is 512. The molecule has 1 aliphatic rings. The van der Waals surface area contributed by atoms with Crippen molar-refractivity contribution in [3.63, 3.8) is 0 Å². The molecule has 1 aromatic rings. The average molecular weight is 376 g/mol. The summed E-state index contributed by atoms with van der Waals surface area (Å²) >= 11 is 9.26. The molecular formula is C15H20BrClN2O2. The Balaban J connectivity index is 1.81. The second kappa shape index (κ2) is 7.47. The van der Waals surface area contributed by atoms with E-state index < -0.39 is 0 Å². The first-order valence-electron chi connectivity index (χ1n) is 7.10. The first-order valence-corrected chi connectivity index (χ1v) is 8.27. The summed E-state index contributed by atoms with van der Waals surface area (Å²) in [6, 6.07) is 5.75. The molecule has 1 fully saturated rings. The maximum absolute atomic E-state index is 12.2. The van der Waals surface area contributed by atoms with Crippen molar-refractivity contribution in [1.29, 1.82) is 0 Å². The van der Waals surface area contributed by atoms with Crippen molar-refractivity contribution >= 4 is 33.4 Å². The molecule has 0 saturated carbocycles. The van der Waals surface area contributed by atoms with E-state index >= 15 is 0 Å². The second-order valence-electron chi connectivity index (χ2n) is 5.39. The predicted molar refractivity (Wildman–Crippen MR) is 87.6 cm³/mol. The topological polar surface area (TPSA) is 55.6 Å². The first-order chi connectivity index (χ1) is 9.97. The molecule has 0 radical (unpaired) electrons. The Hall–Kier alpha value is -0.780. The fourth-order valence-corrected chi connectivity index (χ4v) is 3.36. The summed E-state index contributed by atoms with van der Waals surface area (Å²) < 4.78 is 6.42. The molecule has 0 unspecified atom stereocenters. The van der Waals surface area contributed by atoms with E-state index in [4.69, 9.17) is 22.1 Å². The van der Waals surface area contributed by atoms with Gasteiger partial charge in [0, 0.05) is 23.7 Å². The summed E-state index contributed by atoms with van der Waals surface area (Å²) in [6.07, 6.45) is 2.11. The molecule has 6 heteroatoms. The zero-order valence-corrected chi connectivity index (χ0v) is 14.4. The van der Waals surface area contributed by atoms with Crippen molar-refractivity contribution in [2.45, 2.75) is 38.3 Å². The molecule has 21 heavy (non-hydrogen) atoms. The summed E-state index contributed by atoms with van der Waals surface area (Å²) in [5.41, 5.74) is 5.91. The highest BCUT2D eigenvalue weighted by Gasteiger charge is 2.26. The van der Waals surface area contributed by atoms with Gasteiger partial charge in [0.2, 0.25) is 5.91 Å². The molecule has 4 nitrogen and oxygen atoms in total. The van der Waals surface area contributed by atoms with Crippen LogP contribution in [-0.4, -0.2) is 36.0 Å². The van der Waals surface area contributed by atoms with Gasteiger partial charge in [-0.15, -0.1) is 0 Å². The third-order valence-electron chi connectivity index (χ3n) is 3.70. The standard InChI is InChI=1S/C15H20BrClN2O2/c1-10-8-12(18)4-6-19(10)15(20)5-7-21-14-3-2-11(17)9-13(14)16/h2-3,9-10,12H,4-8,18H2,1H3/t10-,12-/m0/s1. The van der Waals surface area contributed by atoms with Crippen LogP contribution in [0.15, 0.2) is 22.7 Å². The summed E-state index contributed by atoms with van der Waals surface area (Å²) in [7, 11) is 0. The molecule has 0 bridgehead atoms. The van der Waals surface area contributed by atoms with Gasteiger partial charge in [-0.1, -0.05) is 11.6 Å². The first kappa shape index (κ1) is 16.6. The van der Waals surface area contributed by atoms with Crippen LogP contribution in [-0.2, 0) is 4.79 Å². The Morgan fingerprint density at radius 2 is 2.33 bits per heavy atom. The van der Waals surface area contributed by atoms with Crippen LogP contribution in [0.1, 0.15) is 26.2 Å². The normalized spacial score (nSPS) is 22.2. The quantitative estimate of drug-likeness (QED) is 0.879. The third-order valence-corrected chi connectivity index (χ3v) is 4.56. The monoisotopic (exact) mass is 374 g/mol. The lowest BCUT2D eigenvalue weighted by Crippen LogP contribution is -2.48. The molecular weight excluding hydrogens is 356 g/mol. The van der Waals surface area contributed by atoms with Crippen molar-refractivity contribution in [2.75, 3.05) is 13.2 Å². The summed E-state index contributed by atoms with van der Waals surface area (Å²) in [5.74, 6) is 0.820. The molecule has 116 valence electrons. The fraction of sp³-hybridized carbons (Fsp3) is 0.533. The van der Waals surface area contributed by atoms with Crippen molar-refractivity contribution in [3.8, 4) is 5.75 Å². The highest BCUT2D eigenvalue weighted by molar-refractivity contribution is 9.10. The largest absolute Gasteiger partial charge is 0.492 e. The van der Waals surface area contributed by atoms with Crippen LogP contribution in [0.3, 0.4) is 0 Å². The predicted octanol–water partition coefficient (Wildman–Crippen LogP) is 3.21. The van der Waals surface area contributed by atoms with Gasteiger partial charge in [-0.3, -0.25) is 4.79 Å². The van der Waals surface area contributed by atoms with Gasteiger partial charge < -0.3 is 15.4 Å². The molecule has 0 aromatic heterocycles. The molecule has 2 atom stereocenters. The number of carbonyl (C=O) groups excluding carboxylic acids is 1. The minimum atomic E-state index is 0.125. The van der Waals surface area contributed by atoms with E-state index in [9.17, 15) is 4.79 Å². The van der Waals surface area contributed by atoms with E-state index in [2.05, 4.69) is 15.9 Å². The number of hydrogen-bond donors (Lipinski definition) is 1. The van der Waals surface area contributed by atoms with Gasteiger partial charge in [0.1, 0.15) is 5.75 Å². The molecule has 1 aliphatic heterocycles. The minimum absolute atomic E-state index is 0.125. The van der Waals surface area contributed by atoms with Gasteiger partial charge in [-0.25, -0.2) is 0 Å². The van der Waals surface area contributed by atoms with E-state index in [0.29, 0.717) is 23.8 Å². The van der Waals surface area contributed by atoms with Gasteiger partial charge >= 0.3 is 0 Å². The zero-order valence-electron chi connectivity index (χ0n) is 12.0. The number of ether oxygens (including phenoxy) is 1. The smallest absolute Gasteiger partial charge is 0.226 e. The van der Waals surface area contributed by atoms with E-state index in [-0.39, 0.29) is 18.0 Å². The van der Waals surface area contributed by atoms with E-state index in [1.165, 1.54) is 0 Å². The highest BCUT2D eigenvalue weighted by atomic mass is 79.9. The lowest BCUT2D eigenvalue weighted by Gasteiger charge is -2.36. The summed E-state index contributed by atoms with van der Waals surface area (Å²) in [4.78, 5) is 14.1. The van der Waals surface area contributed by atoms with Crippen molar-refractivity contribution in [3.05, 3.63) is 27.7 Å². The Labute approximate surface area is 138 Å². The van der Waals surface area contributed by atoms with Crippen LogP contribution in [0.5, 0.6) is 5.75 Å². The van der Waals surface area contributed by atoms with Gasteiger partial charge in [0.25, 0.3) is 0 Å². The van der Waals surface area contributed by atoms with Crippen LogP contribution in [0.2, 0.25) is 5.02 Å². The van der Waals surface area contributed by atoms with Crippen LogP contribution in [0.25, 0.3) is 0 Å². The Morgan fingerprint density at radius 3 is 3.00 bits per heavy atom. The highest BCUT2D eigenvalue weighted by Crippen LogP contribution is 2.28. The second-order valence-corrected chi connectivity index (χ2v) is 6.68. The van der Waals surface area contributed by atoms with Crippen molar-refractivity contribution < 1.29 is 9.53 Å². The molecule has 1 aromatic carbocycles. The number of carbonyl (C=O) groups is 1. The number of amides is 1. The molecule has 0 spiro atoms. The maximum Gasteiger partial charge on any atom is 0.226 e. The van der Waals surface area contributed by atoms with E-state index in [1.807, 2.05) is 11.8 Å². The van der Waals surface area contributed by atoms with Crippen molar-refractivity contribution in [1.82, 2.24) is 4.90 Å². The van der Waals surface area contributed by atoms with Gasteiger partial charge in [0.15, 0.2) is 0 Å². The molecule has 2 N–H and O–H groups in total. The van der Waals surface area contributed by atoms with Crippen LogP contribution < -0.4 is 10.5 Å². The third kappa shape index (κ3) is 4.59. The molecule has 1 saturated heterocycles. The van der Waals surface area contributed by atoms with E-state index in [0.717, 1.165) is 23.9 Å². The van der Waals surface area contributed by atoms with Crippen LogP contribution in [0, 0.1) is 0 Å². The Kier molecular flexibility index (Phi) is 5.90. The van der Waals surface area contributed by atoms with Gasteiger partial charge in [0.05, 0.1) is 17.5 Å². The van der Waals surface area contributed by atoms with Gasteiger partial charge in [-0.2, -0.15) is 0 Å². The SMILES string of the molecule is C[C@H]1C[C@@H](N)CCN1C(=O)CCOc1ccc(Cl)cc1Br. The molecule has 0 aliphatic carbocycles. The number of benzene rings is 1. The molecule has 1 amide bonds. The minimum Gasteiger partial charge on any atom is -0.492 e. The van der Waals surface area contributed by atoms with Crippen LogP contribution in [0.4, 0.5) is 0 Å². The lowest BCUT2D eigenvalue weighted by atomic mass is 9.99. The summed E-state index contributed by atoms with van der Waals surface area (Å²) in [6.45, 7) is 3.15. The summed E-state index contributed by atoms with van der Waals surface area (Å²) in [5, 5.41) is 0.642. The van der Waals surface area contributed by atoms with Crippen molar-refractivity contribution in [2.24, 2.45) is 5.73 Å². The molecule has 2 rings (SSSR count). The number of nitrogens with zero attached hydrogens (tertiary/aromatic N) is 1. The number of nitrogens with two attached hydrogens (primary N) is 1. The number of piperidine rings is 1. The number of hydrogen-bond acceptors (Lipinski definition) is 3.